The lowest BCUT2D eigenvalue weighted by atomic mass is 9.96. The summed E-state index contributed by atoms with van der Waals surface area (Å²) in [5.41, 5.74) is 1.21. The van der Waals surface area contributed by atoms with E-state index in [0.717, 1.165) is 25.7 Å². The highest BCUT2D eigenvalue weighted by Crippen LogP contribution is 2.24. The van der Waals surface area contributed by atoms with Crippen LogP contribution in [-0.2, 0) is 17.7 Å². The fourth-order valence-corrected chi connectivity index (χ4v) is 4.06. The minimum absolute atomic E-state index is 0.105. The van der Waals surface area contributed by atoms with Crippen LogP contribution < -0.4 is 4.74 Å². The van der Waals surface area contributed by atoms with Crippen molar-refractivity contribution in [1.82, 2.24) is 25.1 Å². The van der Waals surface area contributed by atoms with Crippen LogP contribution >= 0.6 is 11.6 Å². The fraction of sp³-hybridized carbons (Fsp3) is 0.391. The molecule has 0 aliphatic carbocycles. The van der Waals surface area contributed by atoms with Gasteiger partial charge >= 0.3 is 6.09 Å². The maximum absolute atomic E-state index is 13.2. The highest BCUT2D eigenvalue weighted by Gasteiger charge is 2.30. The van der Waals surface area contributed by atoms with Gasteiger partial charge in [0.15, 0.2) is 12.4 Å². The number of piperidine rings is 1. The van der Waals surface area contributed by atoms with Crippen molar-refractivity contribution < 1.29 is 14.3 Å². The predicted octanol–water partition coefficient (Wildman–Crippen LogP) is 4.01. The molecule has 1 fully saturated rings. The molecule has 1 saturated heterocycles. The van der Waals surface area contributed by atoms with Crippen molar-refractivity contribution in [2.45, 2.75) is 44.4 Å². The minimum atomic E-state index is -0.604. The van der Waals surface area contributed by atoms with Crippen molar-refractivity contribution in [2.24, 2.45) is 0 Å². The number of ether oxygens (including phenoxy) is 2. The number of rotatable bonds is 8. The Labute approximate surface area is 192 Å². The van der Waals surface area contributed by atoms with Crippen LogP contribution in [0.2, 0.25) is 5.02 Å². The van der Waals surface area contributed by atoms with E-state index in [1.165, 1.54) is 16.7 Å². The number of hydrogen-bond acceptors (Lipinski definition) is 6. The zero-order chi connectivity index (χ0) is 22.2. The summed E-state index contributed by atoms with van der Waals surface area (Å²) in [6, 6.07) is 17.5. The fourth-order valence-electron chi connectivity index (χ4n) is 3.87. The molecule has 4 rings (SSSR count). The highest BCUT2D eigenvalue weighted by molar-refractivity contribution is 6.32. The van der Waals surface area contributed by atoms with Gasteiger partial charge in [-0.3, -0.25) is 0 Å². The third kappa shape index (κ3) is 5.97. The van der Waals surface area contributed by atoms with E-state index in [0.29, 0.717) is 17.3 Å². The van der Waals surface area contributed by atoms with Crippen LogP contribution in [0.15, 0.2) is 60.9 Å². The van der Waals surface area contributed by atoms with E-state index >= 15 is 0 Å². The number of carbonyl (C=O) groups is 1. The number of hydrogen-bond donors (Lipinski definition) is 0. The summed E-state index contributed by atoms with van der Waals surface area (Å²) >= 11 is 6.19. The average Bonchev–Trinajstić information content (AvgIpc) is 3.32. The Kier molecular flexibility index (Phi) is 7.55. The van der Waals surface area contributed by atoms with Gasteiger partial charge in [0.25, 0.3) is 0 Å². The van der Waals surface area contributed by atoms with E-state index in [2.05, 4.69) is 27.5 Å². The SMILES string of the molecule is O=C(OC(COc1ccccc1Cl)Cn1ncnn1)N1CCCCC1Cc1ccccc1. The molecule has 3 aromatic rings. The number of likely N-dealkylation sites (tertiary alicyclic amines) is 1. The van der Waals surface area contributed by atoms with Crippen LogP contribution in [-0.4, -0.2) is 56.5 Å². The first-order chi connectivity index (χ1) is 15.7. The van der Waals surface area contributed by atoms with Gasteiger partial charge < -0.3 is 14.4 Å². The van der Waals surface area contributed by atoms with Gasteiger partial charge in [0, 0.05) is 12.6 Å². The molecule has 1 aromatic heterocycles. The molecule has 168 valence electrons. The normalized spacial score (nSPS) is 17.0. The summed E-state index contributed by atoms with van der Waals surface area (Å²) in [5, 5.41) is 12.1. The topological polar surface area (TPSA) is 82.4 Å². The first-order valence-corrected chi connectivity index (χ1v) is 11.2. The Balaban J connectivity index is 1.43. The number of aromatic nitrogens is 4. The predicted molar refractivity (Wildman–Crippen MR) is 120 cm³/mol. The van der Waals surface area contributed by atoms with Crippen molar-refractivity contribution >= 4 is 17.7 Å². The second-order valence-electron chi connectivity index (χ2n) is 7.77. The van der Waals surface area contributed by atoms with Gasteiger partial charge in [0.1, 0.15) is 18.9 Å². The quantitative estimate of drug-likeness (QED) is 0.510. The van der Waals surface area contributed by atoms with Crippen molar-refractivity contribution in [3.05, 3.63) is 71.5 Å². The van der Waals surface area contributed by atoms with Gasteiger partial charge in [-0.25, -0.2) is 4.79 Å². The molecule has 2 heterocycles. The molecule has 0 radical (unpaired) electrons. The monoisotopic (exact) mass is 455 g/mol. The Hall–Kier alpha value is -3.13. The van der Waals surface area contributed by atoms with Crippen molar-refractivity contribution in [3.63, 3.8) is 0 Å². The zero-order valence-electron chi connectivity index (χ0n) is 17.7. The number of carbonyl (C=O) groups excluding carboxylic acids is 1. The second kappa shape index (κ2) is 10.9. The zero-order valence-corrected chi connectivity index (χ0v) is 18.5. The number of tetrazole rings is 1. The molecular formula is C23H26ClN5O3. The molecular weight excluding hydrogens is 430 g/mol. The first-order valence-electron chi connectivity index (χ1n) is 10.8. The summed E-state index contributed by atoms with van der Waals surface area (Å²) < 4.78 is 11.7. The smallest absolute Gasteiger partial charge is 0.410 e. The van der Waals surface area contributed by atoms with E-state index in [1.807, 2.05) is 35.2 Å². The van der Waals surface area contributed by atoms with Crippen molar-refractivity contribution in [3.8, 4) is 5.75 Å². The number of amides is 1. The third-order valence-electron chi connectivity index (χ3n) is 5.46. The Bertz CT molecular complexity index is 986. The summed E-state index contributed by atoms with van der Waals surface area (Å²) in [6.45, 7) is 1.03. The van der Waals surface area contributed by atoms with Crippen LogP contribution in [0.3, 0.4) is 0 Å². The molecule has 8 nitrogen and oxygen atoms in total. The van der Waals surface area contributed by atoms with Crippen LogP contribution in [0.25, 0.3) is 0 Å². The van der Waals surface area contributed by atoms with E-state index in [1.54, 1.807) is 12.1 Å². The lowest BCUT2D eigenvalue weighted by Crippen LogP contribution is -2.47. The van der Waals surface area contributed by atoms with E-state index in [-0.39, 0.29) is 25.3 Å². The van der Waals surface area contributed by atoms with Crippen LogP contribution in [0.5, 0.6) is 5.75 Å². The standard InChI is InChI=1S/C23H26ClN5O3/c24-21-11-4-5-12-22(21)31-16-20(15-29-26-17-25-27-29)32-23(30)28-13-7-6-10-19(28)14-18-8-2-1-3-9-18/h1-5,8-9,11-12,17,19-20H,6-7,10,13-16H2. The Morgan fingerprint density at radius 3 is 2.72 bits per heavy atom. The minimum Gasteiger partial charge on any atom is -0.488 e. The van der Waals surface area contributed by atoms with E-state index in [4.69, 9.17) is 21.1 Å². The molecule has 32 heavy (non-hydrogen) atoms. The molecule has 9 heteroatoms. The number of para-hydroxylation sites is 1. The summed E-state index contributed by atoms with van der Waals surface area (Å²) in [6.07, 6.45) is 4.21. The van der Waals surface area contributed by atoms with Gasteiger partial charge in [-0.15, -0.1) is 10.2 Å². The van der Waals surface area contributed by atoms with Gasteiger partial charge in [-0.2, -0.15) is 4.80 Å². The van der Waals surface area contributed by atoms with Crippen LogP contribution in [0.1, 0.15) is 24.8 Å². The number of nitrogens with zero attached hydrogens (tertiary/aromatic N) is 5. The highest BCUT2D eigenvalue weighted by atomic mass is 35.5. The first kappa shape index (κ1) is 22.1. The van der Waals surface area contributed by atoms with Gasteiger partial charge in [-0.05, 0) is 48.6 Å². The largest absolute Gasteiger partial charge is 0.488 e. The summed E-state index contributed by atoms with van der Waals surface area (Å²) in [5.74, 6) is 0.529. The van der Waals surface area contributed by atoms with Gasteiger partial charge in [-0.1, -0.05) is 54.1 Å². The molecule has 0 N–H and O–H groups in total. The summed E-state index contributed by atoms with van der Waals surface area (Å²) in [4.78, 5) is 16.4. The van der Waals surface area contributed by atoms with Crippen molar-refractivity contribution in [2.75, 3.05) is 13.2 Å². The molecule has 0 bridgehead atoms. The molecule has 0 spiro atoms. The van der Waals surface area contributed by atoms with Gasteiger partial charge in [0.2, 0.25) is 0 Å². The lowest BCUT2D eigenvalue weighted by molar-refractivity contribution is 0.0136. The summed E-state index contributed by atoms with van der Waals surface area (Å²) in [7, 11) is 0. The molecule has 2 atom stereocenters. The third-order valence-corrected chi connectivity index (χ3v) is 5.78. The van der Waals surface area contributed by atoms with E-state index in [9.17, 15) is 4.79 Å². The van der Waals surface area contributed by atoms with Crippen LogP contribution in [0.4, 0.5) is 4.79 Å². The molecule has 0 saturated carbocycles. The maximum atomic E-state index is 13.2. The Morgan fingerprint density at radius 1 is 1.12 bits per heavy atom. The number of benzene rings is 2. The lowest BCUT2D eigenvalue weighted by Gasteiger charge is -2.36. The number of halogens is 1. The molecule has 1 aliphatic heterocycles. The molecule has 1 amide bonds. The average molecular weight is 456 g/mol. The molecule has 2 aromatic carbocycles. The van der Waals surface area contributed by atoms with E-state index < -0.39 is 6.10 Å². The maximum Gasteiger partial charge on any atom is 0.410 e. The van der Waals surface area contributed by atoms with Crippen LogP contribution in [0, 0.1) is 0 Å². The Morgan fingerprint density at radius 2 is 1.94 bits per heavy atom. The van der Waals surface area contributed by atoms with Crippen molar-refractivity contribution in [1.29, 1.82) is 0 Å². The molecule has 1 aliphatic rings. The van der Waals surface area contributed by atoms with Gasteiger partial charge in [0.05, 0.1) is 5.02 Å². The second-order valence-corrected chi connectivity index (χ2v) is 8.18. The molecule has 2 unspecified atom stereocenters.